The summed E-state index contributed by atoms with van der Waals surface area (Å²) in [6.45, 7) is 0. The number of aromatic nitrogens is 4. The molecule has 3 aromatic heterocycles. The maximum absolute atomic E-state index is 5.53. The molecule has 0 aliphatic heterocycles. The van der Waals surface area contributed by atoms with Gasteiger partial charge in [-0.25, -0.2) is 9.97 Å². The first-order chi connectivity index (χ1) is 30.7. The molecule has 4 heteroatoms. The number of benzene rings is 7. The lowest BCUT2D eigenvalue weighted by atomic mass is 9.71. The van der Waals surface area contributed by atoms with Crippen LogP contribution < -0.4 is 0 Å². The van der Waals surface area contributed by atoms with Crippen LogP contribution in [-0.2, 0) is 6.42 Å². The van der Waals surface area contributed by atoms with E-state index in [-0.39, 0.29) is 11.8 Å². The maximum atomic E-state index is 5.53. The molecule has 0 N–H and O–H groups in total. The van der Waals surface area contributed by atoms with Gasteiger partial charge >= 0.3 is 0 Å². The normalized spacial score (nSPS) is 16.6. The lowest BCUT2D eigenvalue weighted by Gasteiger charge is -2.34. The fraction of sp³-hybridized carbons (Fsp3) is 0.0690. The highest BCUT2D eigenvalue weighted by molar-refractivity contribution is 5.99. The van der Waals surface area contributed by atoms with Crippen molar-refractivity contribution < 1.29 is 0 Å². The van der Waals surface area contributed by atoms with Gasteiger partial charge in [0.25, 0.3) is 0 Å². The van der Waals surface area contributed by atoms with Gasteiger partial charge in [-0.05, 0) is 106 Å². The van der Waals surface area contributed by atoms with Crippen LogP contribution in [0.25, 0.3) is 89.7 Å². The van der Waals surface area contributed by atoms with Gasteiger partial charge in [0.2, 0.25) is 5.95 Å². The molecule has 7 aromatic carbocycles. The van der Waals surface area contributed by atoms with Gasteiger partial charge in [0.1, 0.15) is 0 Å². The lowest BCUT2D eigenvalue weighted by molar-refractivity contribution is 0.629. The van der Waals surface area contributed by atoms with Crippen LogP contribution in [-0.4, -0.2) is 19.1 Å². The van der Waals surface area contributed by atoms with E-state index >= 15 is 0 Å². The monoisotopic (exact) mass is 792 g/mol. The SMILES string of the molecule is C1=CC2C(C3=Cc4c(c5ccccc5n4-c4nc(-c5ccc6cc(-c7ccccc7)ccc6c5)c5ccccc5n4)CC3)=Cc3c(n(-c4ccccc4)c4ccccc34)C2C=C1. The number of rotatable bonds is 5. The minimum absolute atomic E-state index is 0.203. The van der Waals surface area contributed by atoms with Crippen molar-refractivity contribution in [3.63, 3.8) is 0 Å². The molecule has 4 nitrogen and oxygen atoms in total. The Balaban J connectivity index is 0.989. The Morgan fingerprint density at radius 2 is 1.13 bits per heavy atom. The average molecular weight is 793 g/mol. The first-order valence-electron chi connectivity index (χ1n) is 21.7. The summed E-state index contributed by atoms with van der Waals surface area (Å²) in [6, 6.07) is 61.1. The van der Waals surface area contributed by atoms with Crippen LogP contribution in [0.1, 0.15) is 34.9 Å². The number of hydrogen-bond acceptors (Lipinski definition) is 2. The summed E-state index contributed by atoms with van der Waals surface area (Å²) < 4.78 is 4.83. The van der Waals surface area contributed by atoms with Crippen molar-refractivity contribution in [1.82, 2.24) is 19.1 Å². The molecule has 13 rings (SSSR count). The van der Waals surface area contributed by atoms with E-state index in [0.717, 1.165) is 40.5 Å². The van der Waals surface area contributed by atoms with E-state index < -0.39 is 0 Å². The van der Waals surface area contributed by atoms with Gasteiger partial charge in [0, 0.05) is 50.5 Å². The number of hydrogen-bond donors (Lipinski definition) is 0. The topological polar surface area (TPSA) is 35.6 Å². The standard InChI is InChI=1S/C58H40N4/c1-3-15-37(16-4-1)38-27-28-40-34-42(30-29-39(40)33-38)56-49-23-9-12-24-52(49)59-58(60-56)62-54-26-14-10-20-45(54)47-32-31-41(35-55(47)62)50-36-51-46-21-11-13-25-53(46)61(43-17-5-2-6-18-43)57(51)48-22-8-7-19-44(48)50/h1-30,33-36,44,48H,31-32H2. The zero-order valence-electron chi connectivity index (χ0n) is 34.0. The van der Waals surface area contributed by atoms with Crippen LogP contribution in [0.4, 0.5) is 0 Å². The summed E-state index contributed by atoms with van der Waals surface area (Å²) in [7, 11) is 0. The van der Waals surface area contributed by atoms with Crippen LogP contribution in [0.3, 0.4) is 0 Å². The van der Waals surface area contributed by atoms with Gasteiger partial charge in [-0.15, -0.1) is 0 Å². The highest BCUT2D eigenvalue weighted by Crippen LogP contribution is 2.50. The number of fused-ring (bicyclic) bond motifs is 10. The Labute approximate surface area is 359 Å². The first kappa shape index (κ1) is 35.0. The second-order valence-corrected chi connectivity index (χ2v) is 16.8. The molecule has 10 aromatic rings. The third-order valence-electron chi connectivity index (χ3n) is 13.4. The second kappa shape index (κ2) is 13.9. The lowest BCUT2D eigenvalue weighted by Crippen LogP contribution is -2.22. The van der Waals surface area contributed by atoms with Crippen molar-refractivity contribution in [3.05, 3.63) is 228 Å². The Morgan fingerprint density at radius 1 is 0.484 bits per heavy atom. The number of para-hydroxylation sites is 4. The van der Waals surface area contributed by atoms with Gasteiger partial charge < -0.3 is 4.57 Å². The molecule has 0 fully saturated rings. The molecule has 0 saturated heterocycles. The molecule has 3 heterocycles. The van der Waals surface area contributed by atoms with Crippen molar-refractivity contribution in [3.8, 4) is 34.0 Å². The molecule has 2 unspecified atom stereocenters. The first-order valence-corrected chi connectivity index (χ1v) is 21.7. The predicted octanol–water partition coefficient (Wildman–Crippen LogP) is 14.3. The second-order valence-electron chi connectivity index (χ2n) is 16.8. The van der Waals surface area contributed by atoms with Crippen LogP contribution in [0.5, 0.6) is 0 Å². The molecule has 3 aliphatic carbocycles. The van der Waals surface area contributed by atoms with E-state index in [0.29, 0.717) is 5.95 Å². The highest BCUT2D eigenvalue weighted by atomic mass is 15.2. The Morgan fingerprint density at radius 3 is 1.94 bits per heavy atom. The van der Waals surface area contributed by atoms with Gasteiger partial charge in [0.05, 0.1) is 27.9 Å². The van der Waals surface area contributed by atoms with Gasteiger partial charge in [-0.3, -0.25) is 4.57 Å². The molecule has 0 bridgehead atoms. The quantitative estimate of drug-likeness (QED) is 0.174. The van der Waals surface area contributed by atoms with Crippen molar-refractivity contribution >= 4 is 55.6 Å². The number of nitrogens with zero attached hydrogens (tertiary/aromatic N) is 4. The van der Waals surface area contributed by atoms with E-state index in [1.54, 1.807) is 0 Å². The zero-order valence-corrected chi connectivity index (χ0v) is 34.0. The molecule has 0 saturated carbocycles. The van der Waals surface area contributed by atoms with E-state index in [2.05, 4.69) is 215 Å². The molecule has 0 spiro atoms. The molecule has 62 heavy (non-hydrogen) atoms. The Bertz CT molecular complexity index is 3580. The Hall–Kier alpha value is -7.82. The van der Waals surface area contributed by atoms with Crippen LogP contribution in [0.2, 0.25) is 0 Å². The fourth-order valence-corrected chi connectivity index (χ4v) is 10.6. The molecular formula is C58H40N4. The summed E-state index contributed by atoms with van der Waals surface area (Å²) in [6.07, 6.45) is 16.2. The van der Waals surface area contributed by atoms with Crippen LogP contribution in [0.15, 0.2) is 205 Å². The molecule has 0 amide bonds. The van der Waals surface area contributed by atoms with Crippen LogP contribution in [0, 0.1) is 5.92 Å². The smallest absolute Gasteiger partial charge is 0.235 e. The summed E-state index contributed by atoms with van der Waals surface area (Å²) >= 11 is 0. The summed E-state index contributed by atoms with van der Waals surface area (Å²) in [5.74, 6) is 1.11. The van der Waals surface area contributed by atoms with Crippen LogP contribution >= 0.6 is 0 Å². The molecule has 0 radical (unpaired) electrons. The fourth-order valence-electron chi connectivity index (χ4n) is 10.6. The van der Waals surface area contributed by atoms with Gasteiger partial charge in [0.15, 0.2) is 0 Å². The summed E-state index contributed by atoms with van der Waals surface area (Å²) in [4.78, 5) is 10.9. The number of allylic oxidation sites excluding steroid dienone is 6. The third-order valence-corrected chi connectivity index (χ3v) is 13.4. The largest absolute Gasteiger partial charge is 0.312 e. The molecule has 292 valence electrons. The summed E-state index contributed by atoms with van der Waals surface area (Å²) in [5, 5.41) is 5.98. The highest BCUT2D eigenvalue weighted by Gasteiger charge is 2.36. The van der Waals surface area contributed by atoms with Gasteiger partial charge in [-0.1, -0.05) is 152 Å². The van der Waals surface area contributed by atoms with E-state index in [1.165, 1.54) is 77.5 Å². The molecule has 3 aliphatic rings. The van der Waals surface area contributed by atoms with E-state index in [4.69, 9.17) is 9.97 Å². The predicted molar refractivity (Wildman–Crippen MR) is 257 cm³/mol. The van der Waals surface area contributed by atoms with E-state index in [1.807, 2.05) is 0 Å². The molecular weight excluding hydrogens is 753 g/mol. The average Bonchev–Trinajstić information content (AvgIpc) is 3.86. The minimum atomic E-state index is 0.203. The Kier molecular flexibility index (Phi) is 7.83. The van der Waals surface area contributed by atoms with Crippen molar-refractivity contribution in [1.29, 1.82) is 0 Å². The summed E-state index contributed by atoms with van der Waals surface area (Å²) in [5.41, 5.74) is 16.9. The molecule has 2 atom stereocenters. The maximum Gasteiger partial charge on any atom is 0.235 e. The third kappa shape index (κ3) is 5.39. The van der Waals surface area contributed by atoms with Crippen molar-refractivity contribution in [2.75, 3.05) is 0 Å². The van der Waals surface area contributed by atoms with Crippen molar-refractivity contribution in [2.24, 2.45) is 5.92 Å². The minimum Gasteiger partial charge on any atom is -0.312 e. The number of aryl methyl sites for hydroxylation is 1. The van der Waals surface area contributed by atoms with E-state index in [9.17, 15) is 0 Å². The van der Waals surface area contributed by atoms with Gasteiger partial charge in [-0.2, -0.15) is 0 Å². The zero-order chi connectivity index (χ0) is 40.7. The van der Waals surface area contributed by atoms with Crippen molar-refractivity contribution in [2.45, 2.75) is 18.8 Å².